The maximum Gasteiger partial charge on any atom is 0.336 e. The highest BCUT2D eigenvalue weighted by Gasteiger charge is 2.21. The third-order valence-corrected chi connectivity index (χ3v) is 5.10. The first kappa shape index (κ1) is 18.3. The standard InChI is InChI=1S/C21H15BrFN3O2/c1-2-11-3-5-12(6-4-11)19-18-15(21(27)28)10-17(24-20(18)26-25-19)14-9-13(22)7-8-16(14)23/h3-10H,2H2,1H3,(H,27,28)(H,24,25,26). The van der Waals surface area contributed by atoms with Gasteiger partial charge in [-0.1, -0.05) is 47.1 Å². The first-order chi connectivity index (χ1) is 13.5. The molecule has 0 aliphatic carbocycles. The molecule has 0 aliphatic heterocycles. The quantitative estimate of drug-likeness (QED) is 0.442. The van der Waals surface area contributed by atoms with Crippen LogP contribution in [0.3, 0.4) is 0 Å². The molecule has 4 rings (SSSR count). The van der Waals surface area contributed by atoms with Gasteiger partial charge in [-0.2, -0.15) is 5.10 Å². The Balaban J connectivity index is 1.94. The fourth-order valence-electron chi connectivity index (χ4n) is 3.14. The number of aryl methyl sites for hydroxylation is 1. The highest BCUT2D eigenvalue weighted by atomic mass is 79.9. The Morgan fingerprint density at radius 3 is 2.61 bits per heavy atom. The maximum absolute atomic E-state index is 14.3. The number of H-pyrrole nitrogens is 1. The van der Waals surface area contributed by atoms with Crippen molar-refractivity contribution in [3.05, 3.63) is 69.9 Å². The van der Waals surface area contributed by atoms with E-state index in [0.29, 0.717) is 15.6 Å². The molecule has 2 N–H and O–H groups in total. The lowest BCUT2D eigenvalue weighted by molar-refractivity contribution is 0.0699. The number of hydrogen-bond acceptors (Lipinski definition) is 3. The van der Waals surface area contributed by atoms with Gasteiger partial charge < -0.3 is 5.11 Å². The summed E-state index contributed by atoms with van der Waals surface area (Å²) < 4.78 is 15.0. The highest BCUT2D eigenvalue weighted by Crippen LogP contribution is 2.33. The fraction of sp³-hybridized carbons (Fsp3) is 0.0952. The molecule has 0 radical (unpaired) electrons. The average Bonchev–Trinajstić information content (AvgIpc) is 3.13. The van der Waals surface area contributed by atoms with Crippen molar-refractivity contribution in [1.29, 1.82) is 0 Å². The molecule has 0 fully saturated rings. The molecule has 4 aromatic rings. The van der Waals surface area contributed by atoms with Crippen molar-refractivity contribution in [2.75, 3.05) is 0 Å². The van der Waals surface area contributed by atoms with Crippen molar-refractivity contribution in [3.63, 3.8) is 0 Å². The van der Waals surface area contributed by atoms with E-state index in [4.69, 9.17) is 0 Å². The van der Waals surface area contributed by atoms with Gasteiger partial charge in [0.25, 0.3) is 0 Å². The molecule has 0 aliphatic rings. The molecule has 0 unspecified atom stereocenters. The lowest BCUT2D eigenvalue weighted by atomic mass is 10.0. The molecule has 5 nitrogen and oxygen atoms in total. The third kappa shape index (κ3) is 3.18. The molecule has 2 heterocycles. The normalized spacial score (nSPS) is 11.1. The zero-order valence-electron chi connectivity index (χ0n) is 14.8. The van der Waals surface area contributed by atoms with Gasteiger partial charge in [0.2, 0.25) is 0 Å². The predicted octanol–water partition coefficient (Wildman–Crippen LogP) is 5.45. The van der Waals surface area contributed by atoms with Crippen molar-refractivity contribution in [3.8, 4) is 22.5 Å². The summed E-state index contributed by atoms with van der Waals surface area (Å²) in [5.74, 6) is -1.62. The highest BCUT2D eigenvalue weighted by molar-refractivity contribution is 9.10. The van der Waals surface area contributed by atoms with Gasteiger partial charge in [-0.3, -0.25) is 5.10 Å². The number of aromatic nitrogens is 3. The van der Waals surface area contributed by atoms with E-state index in [2.05, 4.69) is 38.0 Å². The van der Waals surface area contributed by atoms with Crippen molar-refractivity contribution in [2.45, 2.75) is 13.3 Å². The van der Waals surface area contributed by atoms with Crippen molar-refractivity contribution in [1.82, 2.24) is 15.2 Å². The largest absolute Gasteiger partial charge is 0.478 e. The van der Waals surface area contributed by atoms with Crippen molar-refractivity contribution < 1.29 is 14.3 Å². The summed E-state index contributed by atoms with van der Waals surface area (Å²) in [6.45, 7) is 2.07. The number of carboxylic acid groups (broad SMARTS) is 1. The Bertz CT molecular complexity index is 1200. The van der Waals surface area contributed by atoms with Crippen LogP contribution in [0.1, 0.15) is 22.8 Å². The van der Waals surface area contributed by atoms with Crippen LogP contribution in [0.4, 0.5) is 4.39 Å². The van der Waals surface area contributed by atoms with E-state index in [1.165, 1.54) is 17.7 Å². The summed E-state index contributed by atoms with van der Waals surface area (Å²) in [5.41, 5.74) is 3.22. The summed E-state index contributed by atoms with van der Waals surface area (Å²) in [6.07, 6.45) is 0.910. The summed E-state index contributed by atoms with van der Waals surface area (Å²) >= 11 is 3.30. The number of benzene rings is 2. The second kappa shape index (κ2) is 7.16. The number of aromatic amines is 1. The minimum absolute atomic E-state index is 0.0164. The third-order valence-electron chi connectivity index (χ3n) is 4.61. The van der Waals surface area contributed by atoms with E-state index < -0.39 is 11.8 Å². The Kier molecular flexibility index (Phi) is 4.68. The number of fused-ring (bicyclic) bond motifs is 1. The minimum atomic E-state index is -1.13. The summed E-state index contributed by atoms with van der Waals surface area (Å²) in [7, 11) is 0. The number of hydrogen-bond donors (Lipinski definition) is 2. The lowest BCUT2D eigenvalue weighted by Crippen LogP contribution is -2.01. The molecule has 7 heteroatoms. The zero-order chi connectivity index (χ0) is 19.8. The summed E-state index contributed by atoms with van der Waals surface area (Å²) in [6, 6.07) is 13.6. The van der Waals surface area contributed by atoms with E-state index >= 15 is 0 Å². The van der Waals surface area contributed by atoms with E-state index in [-0.39, 0.29) is 22.5 Å². The molecule has 140 valence electrons. The number of nitrogens with zero attached hydrogens (tertiary/aromatic N) is 2. The van der Waals surface area contributed by atoms with Crippen molar-refractivity contribution >= 4 is 32.9 Å². The predicted molar refractivity (Wildman–Crippen MR) is 109 cm³/mol. The van der Waals surface area contributed by atoms with Crippen LogP contribution in [-0.4, -0.2) is 26.3 Å². The van der Waals surface area contributed by atoms with Gasteiger partial charge in [-0.15, -0.1) is 0 Å². The zero-order valence-corrected chi connectivity index (χ0v) is 16.4. The van der Waals surface area contributed by atoms with E-state index in [1.807, 2.05) is 24.3 Å². The molecular weight excluding hydrogens is 425 g/mol. The number of rotatable bonds is 4. The first-order valence-electron chi connectivity index (χ1n) is 8.65. The number of pyridine rings is 1. The number of carboxylic acids is 1. The number of halogens is 2. The molecule has 0 spiro atoms. The van der Waals surface area contributed by atoms with Gasteiger partial charge in [-0.05, 0) is 36.2 Å². The Morgan fingerprint density at radius 1 is 1.18 bits per heavy atom. The molecule has 0 saturated heterocycles. The molecule has 2 aromatic heterocycles. The average molecular weight is 440 g/mol. The van der Waals surface area contributed by atoms with Gasteiger partial charge in [0, 0.05) is 15.6 Å². The van der Waals surface area contributed by atoms with Crippen molar-refractivity contribution in [2.24, 2.45) is 0 Å². The van der Waals surface area contributed by atoms with Gasteiger partial charge in [0.15, 0.2) is 5.65 Å². The Morgan fingerprint density at radius 2 is 1.93 bits per heavy atom. The van der Waals surface area contributed by atoms with E-state index in [0.717, 1.165) is 12.0 Å². The molecular formula is C21H15BrFN3O2. The SMILES string of the molecule is CCc1ccc(-c2[nH]nc3nc(-c4cc(Br)ccc4F)cc(C(=O)O)c23)cc1. The number of nitrogens with one attached hydrogen (secondary N) is 1. The molecule has 0 bridgehead atoms. The van der Waals surface area contributed by atoms with Crippen LogP contribution in [-0.2, 0) is 6.42 Å². The molecule has 0 atom stereocenters. The fourth-order valence-corrected chi connectivity index (χ4v) is 3.50. The van der Waals surface area contributed by atoms with Crippen LogP contribution in [0.25, 0.3) is 33.5 Å². The van der Waals surface area contributed by atoms with Gasteiger partial charge in [0.1, 0.15) is 5.82 Å². The molecule has 0 saturated carbocycles. The maximum atomic E-state index is 14.3. The van der Waals surface area contributed by atoms with Gasteiger partial charge in [-0.25, -0.2) is 14.2 Å². The topological polar surface area (TPSA) is 78.9 Å². The molecule has 2 aromatic carbocycles. The van der Waals surface area contributed by atoms with Gasteiger partial charge in [0.05, 0.1) is 22.3 Å². The smallest absolute Gasteiger partial charge is 0.336 e. The van der Waals surface area contributed by atoms with Crippen LogP contribution in [0.5, 0.6) is 0 Å². The molecule has 0 amide bonds. The second-order valence-electron chi connectivity index (χ2n) is 6.33. The summed E-state index contributed by atoms with van der Waals surface area (Å²) in [5, 5.41) is 17.3. The van der Waals surface area contributed by atoms with Gasteiger partial charge >= 0.3 is 5.97 Å². The minimum Gasteiger partial charge on any atom is -0.478 e. The molecule has 28 heavy (non-hydrogen) atoms. The van der Waals surface area contributed by atoms with Crippen LogP contribution >= 0.6 is 15.9 Å². The monoisotopic (exact) mass is 439 g/mol. The van der Waals surface area contributed by atoms with Crippen LogP contribution in [0.2, 0.25) is 0 Å². The van der Waals surface area contributed by atoms with Crippen LogP contribution in [0, 0.1) is 5.82 Å². The Labute approximate surface area is 168 Å². The number of carbonyl (C=O) groups is 1. The van der Waals surface area contributed by atoms with Crippen LogP contribution < -0.4 is 0 Å². The summed E-state index contributed by atoms with van der Waals surface area (Å²) in [4.78, 5) is 16.4. The van der Waals surface area contributed by atoms with E-state index in [1.54, 1.807) is 12.1 Å². The number of aromatic carboxylic acids is 1. The lowest BCUT2D eigenvalue weighted by Gasteiger charge is -2.07. The first-order valence-corrected chi connectivity index (χ1v) is 9.44. The van der Waals surface area contributed by atoms with E-state index in [9.17, 15) is 14.3 Å². The second-order valence-corrected chi connectivity index (χ2v) is 7.25. The Hall–Kier alpha value is -3.06. The van der Waals surface area contributed by atoms with Crippen LogP contribution in [0.15, 0.2) is 53.0 Å².